The molecular formula is C18H19N5. The van der Waals surface area contributed by atoms with E-state index in [1.165, 1.54) is 24.1 Å². The van der Waals surface area contributed by atoms with Crippen molar-refractivity contribution in [3.8, 4) is 5.69 Å². The lowest BCUT2D eigenvalue weighted by Crippen LogP contribution is -2.23. The zero-order chi connectivity index (χ0) is 15.5. The second-order valence-electron chi connectivity index (χ2n) is 5.89. The van der Waals surface area contributed by atoms with E-state index in [0.29, 0.717) is 6.04 Å². The van der Waals surface area contributed by atoms with E-state index in [2.05, 4.69) is 56.4 Å². The van der Waals surface area contributed by atoms with Crippen LogP contribution in [-0.2, 0) is 6.54 Å². The molecule has 0 spiro atoms. The van der Waals surface area contributed by atoms with Gasteiger partial charge in [0.2, 0.25) is 0 Å². The number of hydrogen-bond donors (Lipinski definition) is 0. The monoisotopic (exact) mass is 305 g/mol. The molecule has 1 aliphatic rings. The summed E-state index contributed by atoms with van der Waals surface area (Å²) in [5, 5.41) is 4.16. The Morgan fingerprint density at radius 3 is 2.74 bits per heavy atom. The molecule has 3 aromatic rings. The first-order valence-corrected chi connectivity index (χ1v) is 7.99. The van der Waals surface area contributed by atoms with Crippen LogP contribution in [0.5, 0.6) is 0 Å². The van der Waals surface area contributed by atoms with Gasteiger partial charge in [0.1, 0.15) is 12.7 Å². The SMILES string of the molecule is c1ccc(C2CCCN2Cc2ccc(-n3cncn3)cc2)nc1. The first-order valence-electron chi connectivity index (χ1n) is 7.99. The molecule has 1 aliphatic heterocycles. The van der Waals surface area contributed by atoms with Crippen molar-refractivity contribution in [1.29, 1.82) is 0 Å². The maximum absolute atomic E-state index is 4.54. The highest BCUT2D eigenvalue weighted by molar-refractivity contribution is 5.33. The van der Waals surface area contributed by atoms with Crippen LogP contribution in [0.3, 0.4) is 0 Å². The standard InChI is InChI=1S/C18H19N5/c1-2-10-20-17(4-1)18-5-3-11-22(18)12-15-6-8-16(9-7-15)23-14-19-13-21-23/h1-2,4,6-10,13-14,18H,3,5,11-12H2. The third kappa shape index (κ3) is 3.00. The van der Waals surface area contributed by atoms with Crippen LogP contribution in [0.4, 0.5) is 0 Å². The Morgan fingerprint density at radius 1 is 1.09 bits per heavy atom. The summed E-state index contributed by atoms with van der Waals surface area (Å²) in [6, 6.07) is 15.2. The van der Waals surface area contributed by atoms with E-state index in [9.17, 15) is 0 Å². The highest BCUT2D eigenvalue weighted by atomic mass is 15.3. The van der Waals surface area contributed by atoms with Crippen molar-refractivity contribution in [2.24, 2.45) is 0 Å². The molecule has 1 saturated heterocycles. The van der Waals surface area contributed by atoms with Crippen LogP contribution < -0.4 is 0 Å². The molecule has 5 heteroatoms. The average Bonchev–Trinajstić information content (AvgIpc) is 3.28. The minimum Gasteiger partial charge on any atom is -0.291 e. The molecule has 0 amide bonds. The van der Waals surface area contributed by atoms with Gasteiger partial charge in [0, 0.05) is 12.7 Å². The van der Waals surface area contributed by atoms with E-state index >= 15 is 0 Å². The van der Waals surface area contributed by atoms with E-state index in [-0.39, 0.29) is 0 Å². The highest BCUT2D eigenvalue weighted by Gasteiger charge is 2.26. The van der Waals surface area contributed by atoms with Crippen molar-refractivity contribution < 1.29 is 0 Å². The summed E-state index contributed by atoms with van der Waals surface area (Å²) in [7, 11) is 0. The number of pyridine rings is 1. The predicted molar refractivity (Wildman–Crippen MR) is 88.0 cm³/mol. The minimum atomic E-state index is 0.436. The van der Waals surface area contributed by atoms with Crippen LogP contribution >= 0.6 is 0 Å². The maximum atomic E-state index is 4.54. The highest BCUT2D eigenvalue weighted by Crippen LogP contribution is 2.31. The normalized spacial score (nSPS) is 18.3. The quantitative estimate of drug-likeness (QED) is 0.743. The molecular weight excluding hydrogens is 286 g/mol. The molecule has 116 valence electrons. The van der Waals surface area contributed by atoms with Gasteiger partial charge in [0.15, 0.2) is 0 Å². The Labute approximate surface area is 135 Å². The van der Waals surface area contributed by atoms with Crippen molar-refractivity contribution >= 4 is 0 Å². The molecule has 0 aliphatic carbocycles. The predicted octanol–water partition coefficient (Wildman–Crippen LogP) is 3.00. The number of hydrogen-bond acceptors (Lipinski definition) is 4. The van der Waals surface area contributed by atoms with Crippen LogP contribution in [0, 0.1) is 0 Å². The molecule has 0 radical (unpaired) electrons. The van der Waals surface area contributed by atoms with Gasteiger partial charge in [-0.05, 0) is 49.2 Å². The summed E-state index contributed by atoms with van der Waals surface area (Å²) in [5.74, 6) is 0. The molecule has 5 nitrogen and oxygen atoms in total. The first-order chi connectivity index (χ1) is 11.4. The largest absolute Gasteiger partial charge is 0.291 e. The molecule has 1 unspecified atom stereocenters. The van der Waals surface area contributed by atoms with Gasteiger partial charge in [0.05, 0.1) is 17.4 Å². The number of aromatic nitrogens is 4. The summed E-state index contributed by atoms with van der Waals surface area (Å²) >= 11 is 0. The van der Waals surface area contributed by atoms with E-state index in [0.717, 1.165) is 18.8 Å². The second kappa shape index (κ2) is 6.30. The molecule has 2 aromatic heterocycles. The van der Waals surface area contributed by atoms with E-state index in [4.69, 9.17) is 0 Å². The fraction of sp³-hybridized carbons (Fsp3) is 0.278. The molecule has 4 rings (SSSR count). The molecule has 1 fully saturated rings. The average molecular weight is 305 g/mol. The molecule has 1 aromatic carbocycles. The summed E-state index contributed by atoms with van der Waals surface area (Å²) in [4.78, 5) is 11.0. The van der Waals surface area contributed by atoms with Crippen LogP contribution in [0.2, 0.25) is 0 Å². The zero-order valence-electron chi connectivity index (χ0n) is 12.9. The Morgan fingerprint density at radius 2 is 2.00 bits per heavy atom. The Kier molecular flexibility index (Phi) is 3.86. The fourth-order valence-electron chi connectivity index (χ4n) is 3.25. The van der Waals surface area contributed by atoms with Gasteiger partial charge in [0.25, 0.3) is 0 Å². The first kappa shape index (κ1) is 14.1. The lowest BCUT2D eigenvalue weighted by molar-refractivity contribution is 0.244. The molecule has 3 heterocycles. The lowest BCUT2D eigenvalue weighted by Gasteiger charge is -2.24. The maximum Gasteiger partial charge on any atom is 0.138 e. The third-order valence-corrected chi connectivity index (χ3v) is 4.40. The smallest absolute Gasteiger partial charge is 0.138 e. The number of benzene rings is 1. The molecule has 23 heavy (non-hydrogen) atoms. The van der Waals surface area contributed by atoms with Crippen molar-refractivity contribution in [2.45, 2.75) is 25.4 Å². The van der Waals surface area contributed by atoms with Crippen LogP contribution in [-0.4, -0.2) is 31.2 Å². The second-order valence-corrected chi connectivity index (χ2v) is 5.89. The van der Waals surface area contributed by atoms with Gasteiger partial charge in [-0.15, -0.1) is 0 Å². The topological polar surface area (TPSA) is 46.8 Å². The van der Waals surface area contributed by atoms with Gasteiger partial charge in [-0.25, -0.2) is 9.67 Å². The van der Waals surface area contributed by atoms with Gasteiger partial charge in [-0.2, -0.15) is 5.10 Å². The molecule has 1 atom stereocenters. The Bertz CT molecular complexity index is 737. The van der Waals surface area contributed by atoms with Crippen molar-refractivity contribution in [1.82, 2.24) is 24.6 Å². The zero-order valence-corrected chi connectivity index (χ0v) is 12.9. The summed E-state index contributed by atoms with van der Waals surface area (Å²) in [5.41, 5.74) is 3.54. The van der Waals surface area contributed by atoms with Crippen LogP contribution in [0.25, 0.3) is 5.69 Å². The number of nitrogens with zero attached hydrogens (tertiary/aromatic N) is 5. The van der Waals surface area contributed by atoms with Crippen LogP contribution in [0.1, 0.15) is 30.1 Å². The van der Waals surface area contributed by atoms with Gasteiger partial charge in [-0.1, -0.05) is 18.2 Å². The van der Waals surface area contributed by atoms with E-state index in [1.807, 2.05) is 12.3 Å². The summed E-state index contributed by atoms with van der Waals surface area (Å²) < 4.78 is 1.77. The lowest BCUT2D eigenvalue weighted by atomic mass is 10.1. The Hall–Kier alpha value is -2.53. The fourth-order valence-corrected chi connectivity index (χ4v) is 3.25. The minimum absolute atomic E-state index is 0.436. The summed E-state index contributed by atoms with van der Waals surface area (Å²) in [6.45, 7) is 2.09. The number of rotatable bonds is 4. The van der Waals surface area contributed by atoms with Gasteiger partial charge < -0.3 is 0 Å². The van der Waals surface area contributed by atoms with Crippen LogP contribution in [0.15, 0.2) is 61.3 Å². The molecule has 0 N–H and O–H groups in total. The van der Waals surface area contributed by atoms with Crippen molar-refractivity contribution in [3.63, 3.8) is 0 Å². The third-order valence-electron chi connectivity index (χ3n) is 4.40. The van der Waals surface area contributed by atoms with Gasteiger partial charge >= 0.3 is 0 Å². The van der Waals surface area contributed by atoms with Crippen molar-refractivity contribution in [2.75, 3.05) is 6.54 Å². The molecule has 0 saturated carbocycles. The summed E-state index contributed by atoms with van der Waals surface area (Å²) in [6.07, 6.45) is 7.58. The number of likely N-dealkylation sites (tertiary alicyclic amines) is 1. The van der Waals surface area contributed by atoms with Gasteiger partial charge in [-0.3, -0.25) is 9.88 Å². The van der Waals surface area contributed by atoms with Crippen molar-refractivity contribution in [3.05, 3.63) is 72.6 Å². The molecule has 0 bridgehead atoms. The Balaban J connectivity index is 1.49. The van der Waals surface area contributed by atoms with E-state index < -0.39 is 0 Å². The van der Waals surface area contributed by atoms with E-state index in [1.54, 1.807) is 17.3 Å².